The Kier molecular flexibility index (Phi) is 6.50. The van der Waals surface area contributed by atoms with Gasteiger partial charge in [0.15, 0.2) is 0 Å². The predicted octanol–water partition coefficient (Wildman–Crippen LogP) is 3.19. The number of hydrogen-bond acceptors (Lipinski definition) is 4. The number of para-hydroxylation sites is 1. The fraction of sp³-hybridized carbons (Fsp3) is 0.300. The second-order valence-corrected chi connectivity index (χ2v) is 7.03. The van der Waals surface area contributed by atoms with Crippen LogP contribution in [-0.2, 0) is 6.42 Å². The molecule has 1 saturated heterocycles. The van der Waals surface area contributed by atoms with Crippen molar-refractivity contribution >= 4 is 34.9 Å². The van der Waals surface area contributed by atoms with Gasteiger partial charge in [-0.2, -0.15) is 0 Å². The third-order valence-electron chi connectivity index (χ3n) is 4.89. The Bertz CT molecular complexity index is 975. The van der Waals surface area contributed by atoms with Gasteiger partial charge in [0, 0.05) is 43.7 Å². The quantitative estimate of drug-likeness (QED) is 0.700. The summed E-state index contributed by atoms with van der Waals surface area (Å²) in [5.74, 6) is 0.733. The van der Waals surface area contributed by atoms with Crippen LogP contribution in [0.1, 0.15) is 17.4 Å². The van der Waals surface area contributed by atoms with Gasteiger partial charge in [0.2, 0.25) is 0 Å². The van der Waals surface area contributed by atoms with Crippen molar-refractivity contribution in [3.05, 3.63) is 75.3 Å². The molecule has 0 bridgehead atoms. The van der Waals surface area contributed by atoms with Crippen molar-refractivity contribution in [3.63, 3.8) is 0 Å². The third kappa shape index (κ3) is 4.50. The van der Waals surface area contributed by atoms with E-state index in [4.69, 9.17) is 11.6 Å². The minimum absolute atomic E-state index is 0. The number of nitrogens with zero attached hydrogens (tertiary/aromatic N) is 2. The Labute approximate surface area is 169 Å². The number of aromatic amines is 1. The minimum Gasteiger partial charge on any atom is -0.314 e. The minimum atomic E-state index is -0.0719. The average Bonchev–Trinajstić information content (AvgIpc) is 2.67. The summed E-state index contributed by atoms with van der Waals surface area (Å²) < 4.78 is 0. The molecule has 0 aliphatic carbocycles. The molecule has 1 aliphatic rings. The molecule has 0 amide bonds. The third-order valence-corrected chi connectivity index (χ3v) is 5.12. The fourth-order valence-electron chi connectivity index (χ4n) is 3.56. The Morgan fingerprint density at radius 2 is 2.04 bits per heavy atom. The first-order valence-corrected chi connectivity index (χ1v) is 9.27. The second-order valence-electron chi connectivity index (χ2n) is 6.59. The normalized spacial score (nSPS) is 17.6. The van der Waals surface area contributed by atoms with E-state index in [1.165, 1.54) is 5.56 Å². The van der Waals surface area contributed by atoms with E-state index < -0.39 is 0 Å². The van der Waals surface area contributed by atoms with Crippen LogP contribution in [0.15, 0.2) is 53.3 Å². The highest BCUT2D eigenvalue weighted by molar-refractivity contribution is 6.30. The highest BCUT2D eigenvalue weighted by atomic mass is 35.5. The SMILES string of the molecule is Cl.O=c1[nH]c(CCN2CCNCC2c2cccc(Cl)c2)nc2ccccc12. The summed E-state index contributed by atoms with van der Waals surface area (Å²) in [7, 11) is 0. The molecule has 0 radical (unpaired) electrons. The van der Waals surface area contributed by atoms with E-state index in [-0.39, 0.29) is 24.0 Å². The smallest absolute Gasteiger partial charge is 0.258 e. The van der Waals surface area contributed by atoms with E-state index in [0.717, 1.165) is 42.5 Å². The van der Waals surface area contributed by atoms with Crippen molar-refractivity contribution in [2.45, 2.75) is 12.5 Å². The van der Waals surface area contributed by atoms with Gasteiger partial charge in [0.05, 0.1) is 10.9 Å². The van der Waals surface area contributed by atoms with Gasteiger partial charge < -0.3 is 10.3 Å². The molecule has 1 aliphatic heterocycles. The van der Waals surface area contributed by atoms with Gasteiger partial charge in [-0.05, 0) is 29.8 Å². The maximum atomic E-state index is 12.2. The summed E-state index contributed by atoms with van der Waals surface area (Å²) in [6.07, 6.45) is 0.705. The molecule has 2 aromatic carbocycles. The van der Waals surface area contributed by atoms with Gasteiger partial charge in [-0.25, -0.2) is 4.98 Å². The molecule has 1 atom stereocenters. The Morgan fingerprint density at radius 3 is 2.89 bits per heavy atom. The molecular formula is C20H22Cl2N4O. The predicted molar refractivity (Wildman–Crippen MR) is 112 cm³/mol. The van der Waals surface area contributed by atoms with E-state index in [1.54, 1.807) is 6.07 Å². The van der Waals surface area contributed by atoms with Gasteiger partial charge in [-0.3, -0.25) is 9.69 Å². The van der Waals surface area contributed by atoms with Gasteiger partial charge in [0.1, 0.15) is 5.82 Å². The monoisotopic (exact) mass is 404 g/mol. The number of H-pyrrole nitrogens is 1. The van der Waals surface area contributed by atoms with Crippen LogP contribution in [0.3, 0.4) is 0 Å². The molecule has 1 aromatic heterocycles. The molecule has 2 N–H and O–H groups in total. The van der Waals surface area contributed by atoms with Crippen molar-refractivity contribution in [1.82, 2.24) is 20.2 Å². The van der Waals surface area contributed by atoms with E-state index in [0.29, 0.717) is 11.8 Å². The lowest BCUT2D eigenvalue weighted by Gasteiger charge is -2.36. The number of hydrogen-bond donors (Lipinski definition) is 2. The standard InChI is InChI=1S/C20H21ClN4O.ClH/c21-15-5-3-4-14(12-15)18-13-22-9-11-25(18)10-8-19-23-17-7-2-1-6-16(17)20(26)24-19;/h1-7,12,18,22H,8-11,13H2,(H,23,24,26);1H. The molecule has 27 heavy (non-hydrogen) atoms. The summed E-state index contributed by atoms with van der Waals surface area (Å²) in [5.41, 5.74) is 1.89. The highest BCUT2D eigenvalue weighted by Crippen LogP contribution is 2.24. The molecule has 1 fully saturated rings. The zero-order valence-electron chi connectivity index (χ0n) is 14.8. The van der Waals surface area contributed by atoms with Crippen LogP contribution in [0, 0.1) is 0 Å². The topological polar surface area (TPSA) is 61.0 Å². The number of piperazine rings is 1. The number of benzene rings is 2. The van der Waals surface area contributed by atoms with Gasteiger partial charge >= 0.3 is 0 Å². The van der Waals surface area contributed by atoms with Gasteiger partial charge in [-0.15, -0.1) is 12.4 Å². The first-order valence-electron chi connectivity index (χ1n) is 8.89. The van der Waals surface area contributed by atoms with Gasteiger partial charge in [-0.1, -0.05) is 35.9 Å². The van der Waals surface area contributed by atoms with E-state index in [2.05, 4.69) is 26.3 Å². The molecule has 142 valence electrons. The molecule has 1 unspecified atom stereocenters. The van der Waals surface area contributed by atoms with E-state index in [1.807, 2.05) is 36.4 Å². The zero-order chi connectivity index (χ0) is 17.9. The van der Waals surface area contributed by atoms with Crippen LogP contribution in [0.25, 0.3) is 10.9 Å². The van der Waals surface area contributed by atoms with Crippen molar-refractivity contribution < 1.29 is 0 Å². The van der Waals surface area contributed by atoms with E-state index >= 15 is 0 Å². The van der Waals surface area contributed by atoms with Crippen molar-refractivity contribution in [1.29, 1.82) is 0 Å². The lowest BCUT2D eigenvalue weighted by atomic mass is 10.0. The molecule has 4 rings (SSSR count). The Morgan fingerprint density at radius 1 is 1.19 bits per heavy atom. The summed E-state index contributed by atoms with van der Waals surface area (Å²) in [6, 6.07) is 15.8. The first kappa shape index (κ1) is 19.8. The number of halogens is 2. The maximum Gasteiger partial charge on any atom is 0.258 e. The van der Waals surface area contributed by atoms with Crippen LogP contribution in [-0.4, -0.2) is 41.0 Å². The molecule has 3 aromatic rings. The van der Waals surface area contributed by atoms with Crippen LogP contribution >= 0.6 is 24.0 Å². The van der Waals surface area contributed by atoms with Crippen LogP contribution < -0.4 is 10.9 Å². The van der Waals surface area contributed by atoms with E-state index in [9.17, 15) is 4.79 Å². The molecule has 0 saturated carbocycles. The summed E-state index contributed by atoms with van der Waals surface area (Å²) in [5, 5.41) is 4.85. The van der Waals surface area contributed by atoms with Crippen molar-refractivity contribution in [2.24, 2.45) is 0 Å². The molecule has 5 nitrogen and oxygen atoms in total. The molecular weight excluding hydrogens is 383 g/mol. The van der Waals surface area contributed by atoms with Crippen molar-refractivity contribution in [3.8, 4) is 0 Å². The summed E-state index contributed by atoms with van der Waals surface area (Å²) in [4.78, 5) is 22.2. The van der Waals surface area contributed by atoms with Crippen molar-refractivity contribution in [2.75, 3.05) is 26.2 Å². The number of nitrogens with one attached hydrogen (secondary N) is 2. The lowest BCUT2D eigenvalue weighted by Crippen LogP contribution is -2.46. The summed E-state index contributed by atoms with van der Waals surface area (Å²) in [6.45, 7) is 3.63. The van der Waals surface area contributed by atoms with Gasteiger partial charge in [0.25, 0.3) is 5.56 Å². The highest BCUT2D eigenvalue weighted by Gasteiger charge is 2.23. The number of fused-ring (bicyclic) bond motifs is 1. The van der Waals surface area contributed by atoms with Crippen LogP contribution in [0.5, 0.6) is 0 Å². The zero-order valence-corrected chi connectivity index (χ0v) is 16.4. The fourth-order valence-corrected chi connectivity index (χ4v) is 3.76. The average molecular weight is 405 g/mol. The largest absolute Gasteiger partial charge is 0.314 e. The first-order chi connectivity index (χ1) is 12.7. The lowest BCUT2D eigenvalue weighted by molar-refractivity contribution is 0.163. The van der Waals surface area contributed by atoms with Crippen LogP contribution in [0.4, 0.5) is 0 Å². The molecule has 7 heteroatoms. The molecule has 2 heterocycles. The Balaban J connectivity index is 0.00000210. The summed E-state index contributed by atoms with van der Waals surface area (Å²) >= 11 is 6.17. The number of rotatable bonds is 4. The van der Waals surface area contributed by atoms with Crippen LogP contribution in [0.2, 0.25) is 5.02 Å². The second kappa shape index (κ2) is 8.85. The number of aromatic nitrogens is 2. The molecule has 0 spiro atoms. The maximum absolute atomic E-state index is 12.2. The Hall–Kier alpha value is -1.92.